The molecule has 0 amide bonds. The minimum absolute atomic E-state index is 0.658. The molecule has 2 saturated heterocycles. The van der Waals surface area contributed by atoms with Crippen molar-refractivity contribution in [3.8, 4) is 0 Å². The van der Waals surface area contributed by atoms with Gasteiger partial charge >= 0.3 is 0 Å². The third-order valence-electron chi connectivity index (χ3n) is 5.07. The molecule has 2 fully saturated rings. The van der Waals surface area contributed by atoms with Crippen molar-refractivity contribution < 1.29 is 0 Å². The summed E-state index contributed by atoms with van der Waals surface area (Å²) in [6, 6.07) is 1.39. The van der Waals surface area contributed by atoms with E-state index in [1.165, 1.54) is 52.1 Å². The molecule has 0 aromatic carbocycles. The van der Waals surface area contributed by atoms with Gasteiger partial charge in [-0.2, -0.15) is 0 Å². The van der Waals surface area contributed by atoms with Gasteiger partial charge < -0.3 is 10.2 Å². The van der Waals surface area contributed by atoms with Gasteiger partial charge in [0.2, 0.25) is 0 Å². The van der Waals surface area contributed by atoms with Crippen LogP contribution in [-0.2, 0) is 0 Å². The Labute approximate surface area is 119 Å². The van der Waals surface area contributed by atoms with Crippen LogP contribution in [0.4, 0.5) is 0 Å². The van der Waals surface area contributed by atoms with Crippen molar-refractivity contribution in [3.05, 3.63) is 0 Å². The van der Waals surface area contributed by atoms with Gasteiger partial charge in [0, 0.05) is 31.7 Å². The minimum Gasteiger partial charge on any atom is -0.311 e. The molecule has 0 spiro atoms. The molecule has 3 heteroatoms. The average Bonchev–Trinajstić information content (AvgIpc) is 2.39. The quantitative estimate of drug-likeness (QED) is 0.841. The Kier molecular flexibility index (Phi) is 5.67. The Morgan fingerprint density at radius 1 is 1.21 bits per heavy atom. The highest BCUT2D eigenvalue weighted by atomic mass is 15.2. The molecule has 0 radical (unpaired) electrons. The summed E-state index contributed by atoms with van der Waals surface area (Å²) < 4.78 is 0. The van der Waals surface area contributed by atoms with Crippen LogP contribution in [0.2, 0.25) is 0 Å². The number of piperazine rings is 1. The predicted octanol–water partition coefficient (Wildman–Crippen LogP) is 2.04. The largest absolute Gasteiger partial charge is 0.311 e. The van der Waals surface area contributed by atoms with Gasteiger partial charge in [-0.1, -0.05) is 20.8 Å². The Bertz CT molecular complexity index is 259. The summed E-state index contributed by atoms with van der Waals surface area (Å²) in [5.74, 6) is 1.69. The number of nitrogens with zero attached hydrogens (tertiary/aromatic N) is 2. The van der Waals surface area contributed by atoms with Crippen molar-refractivity contribution in [2.45, 2.75) is 52.6 Å². The number of nitrogens with one attached hydrogen (secondary N) is 1. The molecule has 3 nitrogen and oxygen atoms in total. The molecule has 2 unspecified atom stereocenters. The molecule has 0 aromatic heterocycles. The summed E-state index contributed by atoms with van der Waals surface area (Å²) in [6.07, 6.45) is 2.80. The molecule has 19 heavy (non-hydrogen) atoms. The van der Waals surface area contributed by atoms with E-state index < -0.39 is 0 Å². The second-order valence-electron chi connectivity index (χ2n) is 6.95. The van der Waals surface area contributed by atoms with Crippen molar-refractivity contribution in [2.75, 3.05) is 39.3 Å². The second kappa shape index (κ2) is 7.05. The number of rotatable bonds is 4. The fourth-order valence-electron chi connectivity index (χ4n) is 3.69. The summed E-state index contributed by atoms with van der Waals surface area (Å²) in [5, 5.41) is 3.65. The van der Waals surface area contributed by atoms with E-state index in [1.54, 1.807) is 0 Å². The summed E-state index contributed by atoms with van der Waals surface area (Å²) in [6.45, 7) is 16.9. The summed E-state index contributed by atoms with van der Waals surface area (Å²) >= 11 is 0. The van der Waals surface area contributed by atoms with Gasteiger partial charge in [-0.05, 0) is 51.2 Å². The SMILES string of the molecule is CCN1CCC(CN2CC(C)NCC2C(C)C)CC1. The summed E-state index contributed by atoms with van der Waals surface area (Å²) in [5.41, 5.74) is 0. The van der Waals surface area contributed by atoms with Crippen LogP contribution in [0.15, 0.2) is 0 Å². The predicted molar refractivity (Wildman–Crippen MR) is 82.5 cm³/mol. The number of hydrogen-bond donors (Lipinski definition) is 1. The molecule has 0 bridgehead atoms. The Morgan fingerprint density at radius 2 is 1.89 bits per heavy atom. The fourth-order valence-corrected chi connectivity index (χ4v) is 3.69. The summed E-state index contributed by atoms with van der Waals surface area (Å²) in [4.78, 5) is 5.37. The van der Waals surface area contributed by atoms with E-state index in [9.17, 15) is 0 Å². The first-order valence-corrected chi connectivity index (χ1v) is 8.30. The lowest BCUT2D eigenvalue weighted by molar-refractivity contribution is 0.0674. The molecule has 2 aliphatic rings. The third kappa shape index (κ3) is 4.17. The monoisotopic (exact) mass is 267 g/mol. The van der Waals surface area contributed by atoms with E-state index in [1.807, 2.05) is 0 Å². The molecule has 2 heterocycles. The maximum absolute atomic E-state index is 3.65. The van der Waals surface area contributed by atoms with Crippen molar-refractivity contribution in [1.82, 2.24) is 15.1 Å². The second-order valence-corrected chi connectivity index (χ2v) is 6.95. The van der Waals surface area contributed by atoms with Crippen molar-refractivity contribution in [3.63, 3.8) is 0 Å². The third-order valence-corrected chi connectivity index (χ3v) is 5.07. The van der Waals surface area contributed by atoms with Crippen LogP contribution in [0.25, 0.3) is 0 Å². The molecule has 0 aliphatic carbocycles. The highest BCUT2D eigenvalue weighted by Crippen LogP contribution is 2.22. The molecule has 1 N–H and O–H groups in total. The van der Waals surface area contributed by atoms with Crippen LogP contribution in [0.5, 0.6) is 0 Å². The number of piperidine rings is 1. The zero-order valence-electron chi connectivity index (χ0n) is 13.4. The summed E-state index contributed by atoms with van der Waals surface area (Å²) in [7, 11) is 0. The van der Waals surface area contributed by atoms with E-state index in [-0.39, 0.29) is 0 Å². The van der Waals surface area contributed by atoms with Crippen LogP contribution in [0.3, 0.4) is 0 Å². The molecule has 2 rings (SSSR count). The van der Waals surface area contributed by atoms with E-state index in [0.29, 0.717) is 6.04 Å². The Morgan fingerprint density at radius 3 is 2.47 bits per heavy atom. The lowest BCUT2D eigenvalue weighted by Crippen LogP contribution is -2.58. The molecule has 0 aromatic rings. The van der Waals surface area contributed by atoms with Gasteiger partial charge in [-0.25, -0.2) is 0 Å². The number of hydrogen-bond acceptors (Lipinski definition) is 3. The first-order valence-electron chi connectivity index (χ1n) is 8.30. The van der Waals surface area contributed by atoms with Crippen molar-refractivity contribution in [1.29, 1.82) is 0 Å². The standard InChI is InChI=1S/C16H33N3/c1-5-18-8-6-15(7-9-18)12-19-11-14(4)17-10-16(19)13(2)3/h13-17H,5-12H2,1-4H3. The lowest BCUT2D eigenvalue weighted by Gasteiger charge is -2.44. The topological polar surface area (TPSA) is 18.5 Å². The van der Waals surface area contributed by atoms with Crippen molar-refractivity contribution >= 4 is 0 Å². The fraction of sp³-hybridized carbons (Fsp3) is 1.00. The van der Waals surface area contributed by atoms with E-state index >= 15 is 0 Å². The van der Waals surface area contributed by atoms with Crippen LogP contribution < -0.4 is 5.32 Å². The first-order chi connectivity index (χ1) is 9.10. The van der Waals surface area contributed by atoms with Crippen LogP contribution >= 0.6 is 0 Å². The normalized spacial score (nSPS) is 32.1. The molecular weight excluding hydrogens is 234 g/mol. The minimum atomic E-state index is 0.658. The molecule has 112 valence electrons. The van der Waals surface area contributed by atoms with Gasteiger partial charge in [-0.15, -0.1) is 0 Å². The molecule has 2 aliphatic heterocycles. The van der Waals surface area contributed by atoms with Crippen molar-refractivity contribution in [2.24, 2.45) is 11.8 Å². The smallest absolute Gasteiger partial charge is 0.0244 e. The van der Waals surface area contributed by atoms with Gasteiger partial charge in [0.15, 0.2) is 0 Å². The zero-order chi connectivity index (χ0) is 13.8. The van der Waals surface area contributed by atoms with Gasteiger partial charge in [0.05, 0.1) is 0 Å². The zero-order valence-corrected chi connectivity index (χ0v) is 13.4. The van der Waals surface area contributed by atoms with Gasteiger partial charge in [0.25, 0.3) is 0 Å². The average molecular weight is 267 g/mol. The maximum atomic E-state index is 3.65. The highest BCUT2D eigenvalue weighted by Gasteiger charge is 2.30. The maximum Gasteiger partial charge on any atom is 0.0244 e. The van der Waals surface area contributed by atoms with E-state index in [0.717, 1.165) is 17.9 Å². The highest BCUT2D eigenvalue weighted by molar-refractivity contribution is 4.88. The number of likely N-dealkylation sites (tertiary alicyclic amines) is 1. The Hall–Kier alpha value is -0.120. The van der Waals surface area contributed by atoms with E-state index in [2.05, 4.69) is 42.8 Å². The van der Waals surface area contributed by atoms with E-state index in [4.69, 9.17) is 0 Å². The first kappa shape index (κ1) is 15.3. The Balaban J connectivity index is 1.85. The lowest BCUT2D eigenvalue weighted by atomic mass is 9.92. The molecular formula is C16H33N3. The van der Waals surface area contributed by atoms with Gasteiger partial charge in [0.1, 0.15) is 0 Å². The molecule has 0 saturated carbocycles. The van der Waals surface area contributed by atoms with Crippen LogP contribution in [0.1, 0.15) is 40.5 Å². The van der Waals surface area contributed by atoms with Gasteiger partial charge in [-0.3, -0.25) is 4.90 Å². The molecule has 2 atom stereocenters. The van der Waals surface area contributed by atoms with Crippen LogP contribution in [0, 0.1) is 11.8 Å². The van der Waals surface area contributed by atoms with Crippen LogP contribution in [-0.4, -0.2) is 61.2 Å².